The van der Waals surface area contributed by atoms with Crippen LogP contribution in [0.5, 0.6) is 0 Å². The average Bonchev–Trinajstić information content (AvgIpc) is 2.75. The maximum atomic E-state index is 5.44. The Hall–Kier alpha value is -1.06. The van der Waals surface area contributed by atoms with Crippen LogP contribution in [0.1, 0.15) is 38.7 Å². The van der Waals surface area contributed by atoms with Crippen LogP contribution in [0, 0.1) is 0 Å². The SMILES string of the molecule is CCCN1CCC(NC(=NCc2ccc(N3CCOCC3)cc2)NCC)CC1.I. The van der Waals surface area contributed by atoms with Gasteiger partial charge in [0, 0.05) is 44.5 Å². The number of likely N-dealkylation sites (tertiary alicyclic amines) is 1. The van der Waals surface area contributed by atoms with Crippen LogP contribution in [-0.4, -0.2) is 69.4 Å². The van der Waals surface area contributed by atoms with Crippen molar-refractivity contribution in [1.82, 2.24) is 15.5 Å². The van der Waals surface area contributed by atoms with Crippen molar-refractivity contribution in [3.05, 3.63) is 29.8 Å². The van der Waals surface area contributed by atoms with Crippen LogP contribution in [0.2, 0.25) is 0 Å². The summed E-state index contributed by atoms with van der Waals surface area (Å²) in [5, 5.41) is 7.05. The minimum atomic E-state index is 0. The van der Waals surface area contributed by atoms with E-state index < -0.39 is 0 Å². The first-order valence-electron chi connectivity index (χ1n) is 11.0. The molecule has 1 aromatic carbocycles. The Kier molecular flexibility index (Phi) is 11.1. The summed E-state index contributed by atoms with van der Waals surface area (Å²) < 4.78 is 5.44. The molecule has 2 heterocycles. The van der Waals surface area contributed by atoms with Crippen molar-refractivity contribution in [3.8, 4) is 0 Å². The molecule has 0 spiro atoms. The molecule has 0 saturated carbocycles. The Morgan fingerprint density at radius 3 is 2.38 bits per heavy atom. The number of piperidine rings is 1. The lowest BCUT2D eigenvalue weighted by molar-refractivity contribution is 0.122. The van der Waals surface area contributed by atoms with Crippen LogP contribution in [-0.2, 0) is 11.3 Å². The summed E-state index contributed by atoms with van der Waals surface area (Å²) in [6, 6.07) is 9.33. The average molecular weight is 515 g/mol. The van der Waals surface area contributed by atoms with Crippen LogP contribution in [0.3, 0.4) is 0 Å². The van der Waals surface area contributed by atoms with Gasteiger partial charge in [-0.25, -0.2) is 4.99 Å². The fourth-order valence-electron chi connectivity index (χ4n) is 3.93. The van der Waals surface area contributed by atoms with Crippen molar-refractivity contribution in [1.29, 1.82) is 0 Å². The lowest BCUT2D eigenvalue weighted by Crippen LogP contribution is -2.48. The van der Waals surface area contributed by atoms with E-state index in [0.717, 1.165) is 38.8 Å². The van der Waals surface area contributed by atoms with Gasteiger partial charge in [-0.1, -0.05) is 19.1 Å². The van der Waals surface area contributed by atoms with E-state index in [-0.39, 0.29) is 24.0 Å². The van der Waals surface area contributed by atoms with Gasteiger partial charge in [0.15, 0.2) is 5.96 Å². The standard InChI is InChI=1S/C22H37N5O.HI/c1-3-11-26-12-9-20(10-13-26)25-22(23-4-2)24-18-19-5-7-21(8-6-19)27-14-16-28-17-15-27;/h5-8,20H,3-4,9-18H2,1-2H3,(H2,23,24,25);1H. The maximum absolute atomic E-state index is 5.44. The third-order valence-electron chi connectivity index (χ3n) is 5.54. The van der Waals surface area contributed by atoms with Gasteiger partial charge in [0.2, 0.25) is 0 Å². The summed E-state index contributed by atoms with van der Waals surface area (Å²) in [5.74, 6) is 0.939. The molecule has 7 heteroatoms. The second-order valence-electron chi connectivity index (χ2n) is 7.72. The van der Waals surface area contributed by atoms with Gasteiger partial charge in [-0.15, -0.1) is 24.0 Å². The van der Waals surface area contributed by atoms with E-state index >= 15 is 0 Å². The van der Waals surface area contributed by atoms with E-state index in [9.17, 15) is 0 Å². The number of morpholine rings is 1. The van der Waals surface area contributed by atoms with Gasteiger partial charge in [-0.2, -0.15) is 0 Å². The summed E-state index contributed by atoms with van der Waals surface area (Å²) in [6.07, 6.45) is 3.63. The van der Waals surface area contributed by atoms with Gasteiger partial charge in [0.05, 0.1) is 19.8 Å². The molecule has 2 N–H and O–H groups in total. The van der Waals surface area contributed by atoms with Gasteiger partial charge in [0.25, 0.3) is 0 Å². The van der Waals surface area contributed by atoms with E-state index in [4.69, 9.17) is 9.73 Å². The smallest absolute Gasteiger partial charge is 0.191 e. The molecule has 0 aliphatic carbocycles. The second-order valence-corrected chi connectivity index (χ2v) is 7.72. The fourth-order valence-corrected chi connectivity index (χ4v) is 3.93. The molecule has 0 atom stereocenters. The highest BCUT2D eigenvalue weighted by molar-refractivity contribution is 14.0. The Morgan fingerprint density at radius 1 is 1.07 bits per heavy atom. The molecule has 0 unspecified atom stereocenters. The quantitative estimate of drug-likeness (QED) is 0.332. The zero-order valence-electron chi connectivity index (χ0n) is 18.0. The highest BCUT2D eigenvalue weighted by atomic mass is 127. The van der Waals surface area contributed by atoms with Gasteiger partial charge >= 0.3 is 0 Å². The lowest BCUT2D eigenvalue weighted by Gasteiger charge is -2.32. The minimum absolute atomic E-state index is 0. The highest BCUT2D eigenvalue weighted by Crippen LogP contribution is 2.17. The molecule has 2 saturated heterocycles. The first kappa shape index (κ1) is 24.2. The number of benzene rings is 1. The molecule has 29 heavy (non-hydrogen) atoms. The number of guanidine groups is 1. The number of ether oxygens (including phenoxy) is 1. The van der Waals surface area contributed by atoms with Crippen molar-refractivity contribution < 1.29 is 4.74 Å². The number of aliphatic imine (C=N–C) groups is 1. The molecule has 0 amide bonds. The van der Waals surface area contributed by atoms with Gasteiger partial charge in [-0.05, 0) is 50.4 Å². The summed E-state index contributed by atoms with van der Waals surface area (Å²) in [7, 11) is 0. The second kappa shape index (κ2) is 13.3. The Bertz CT molecular complexity index is 596. The topological polar surface area (TPSA) is 52.1 Å². The van der Waals surface area contributed by atoms with E-state index in [1.165, 1.54) is 50.1 Å². The molecule has 0 radical (unpaired) electrons. The maximum Gasteiger partial charge on any atom is 0.191 e. The van der Waals surface area contributed by atoms with Crippen LogP contribution < -0.4 is 15.5 Å². The minimum Gasteiger partial charge on any atom is -0.378 e. The number of nitrogens with one attached hydrogen (secondary N) is 2. The van der Waals surface area contributed by atoms with Crippen molar-refractivity contribution in [2.24, 2.45) is 4.99 Å². The lowest BCUT2D eigenvalue weighted by atomic mass is 10.1. The molecular weight excluding hydrogens is 477 g/mol. The Balaban J connectivity index is 0.00000300. The normalized spacial score (nSPS) is 19.0. The fraction of sp³-hybridized carbons (Fsp3) is 0.682. The number of nitrogens with zero attached hydrogens (tertiary/aromatic N) is 3. The molecule has 2 aliphatic rings. The number of hydrogen-bond donors (Lipinski definition) is 2. The molecule has 0 aromatic heterocycles. The number of hydrogen-bond acceptors (Lipinski definition) is 4. The zero-order chi connectivity index (χ0) is 19.6. The largest absolute Gasteiger partial charge is 0.378 e. The molecule has 6 nitrogen and oxygen atoms in total. The van der Waals surface area contributed by atoms with Crippen LogP contribution in [0.25, 0.3) is 0 Å². The van der Waals surface area contributed by atoms with E-state index in [1.807, 2.05) is 0 Å². The molecule has 3 rings (SSSR count). The van der Waals surface area contributed by atoms with E-state index in [2.05, 4.69) is 58.5 Å². The number of halogens is 1. The summed E-state index contributed by atoms with van der Waals surface area (Å²) >= 11 is 0. The van der Waals surface area contributed by atoms with Gasteiger partial charge < -0.3 is 25.2 Å². The van der Waals surface area contributed by atoms with Crippen LogP contribution >= 0.6 is 24.0 Å². The molecule has 1 aromatic rings. The van der Waals surface area contributed by atoms with Crippen LogP contribution in [0.4, 0.5) is 5.69 Å². The van der Waals surface area contributed by atoms with E-state index in [0.29, 0.717) is 12.6 Å². The third-order valence-corrected chi connectivity index (χ3v) is 5.54. The Morgan fingerprint density at radius 2 is 1.76 bits per heavy atom. The third kappa shape index (κ3) is 7.94. The molecular formula is C22H38IN5O. The molecule has 164 valence electrons. The number of rotatable bonds is 7. The first-order valence-corrected chi connectivity index (χ1v) is 11.0. The van der Waals surface area contributed by atoms with Crippen molar-refractivity contribution in [3.63, 3.8) is 0 Å². The zero-order valence-corrected chi connectivity index (χ0v) is 20.4. The van der Waals surface area contributed by atoms with Gasteiger partial charge in [-0.3, -0.25) is 0 Å². The van der Waals surface area contributed by atoms with Crippen molar-refractivity contribution in [2.75, 3.05) is 57.4 Å². The Labute approximate surface area is 193 Å². The predicted octanol–water partition coefficient (Wildman–Crippen LogP) is 3.07. The molecule has 2 aliphatic heterocycles. The monoisotopic (exact) mass is 515 g/mol. The van der Waals surface area contributed by atoms with Crippen molar-refractivity contribution >= 4 is 35.6 Å². The predicted molar refractivity (Wildman–Crippen MR) is 133 cm³/mol. The highest BCUT2D eigenvalue weighted by Gasteiger charge is 2.19. The number of anilines is 1. The van der Waals surface area contributed by atoms with Crippen molar-refractivity contribution in [2.45, 2.75) is 45.7 Å². The summed E-state index contributed by atoms with van der Waals surface area (Å²) in [6.45, 7) is 13.2. The summed E-state index contributed by atoms with van der Waals surface area (Å²) in [4.78, 5) is 9.77. The van der Waals surface area contributed by atoms with Crippen LogP contribution in [0.15, 0.2) is 29.3 Å². The van der Waals surface area contributed by atoms with E-state index in [1.54, 1.807) is 0 Å². The first-order chi connectivity index (χ1) is 13.8. The summed E-state index contributed by atoms with van der Waals surface area (Å²) in [5.41, 5.74) is 2.52. The molecule has 2 fully saturated rings. The van der Waals surface area contributed by atoms with Gasteiger partial charge in [0.1, 0.15) is 0 Å². The molecule has 0 bridgehead atoms.